The number of pyridine rings is 1. The van der Waals surface area contributed by atoms with E-state index >= 15 is 0 Å². The summed E-state index contributed by atoms with van der Waals surface area (Å²) in [7, 11) is 0. The summed E-state index contributed by atoms with van der Waals surface area (Å²) in [5.41, 5.74) is 0.874. The zero-order chi connectivity index (χ0) is 17.8. The highest BCUT2D eigenvalue weighted by Crippen LogP contribution is 2.28. The average Bonchev–Trinajstić information content (AvgIpc) is 3.39. The molecular formula is C18H23N5O2S. The lowest BCUT2D eigenvalue weighted by Crippen LogP contribution is -2.45. The summed E-state index contributed by atoms with van der Waals surface area (Å²) in [6.07, 6.45) is 7.96. The van der Waals surface area contributed by atoms with Crippen LogP contribution in [0.15, 0.2) is 29.0 Å². The molecule has 0 bridgehead atoms. The molecular weight excluding hydrogens is 350 g/mol. The number of rotatable bonds is 4. The van der Waals surface area contributed by atoms with Crippen molar-refractivity contribution in [2.45, 2.75) is 37.7 Å². The van der Waals surface area contributed by atoms with Crippen LogP contribution in [0.3, 0.4) is 0 Å². The van der Waals surface area contributed by atoms with Crippen LogP contribution < -0.4 is 5.32 Å². The molecule has 4 heterocycles. The summed E-state index contributed by atoms with van der Waals surface area (Å²) in [4.78, 5) is 10.9. The maximum absolute atomic E-state index is 5.63. The van der Waals surface area contributed by atoms with Crippen LogP contribution in [0, 0.1) is 0 Å². The molecule has 2 saturated heterocycles. The molecule has 0 spiro atoms. The van der Waals surface area contributed by atoms with Gasteiger partial charge in [-0.3, -0.25) is 4.98 Å². The molecule has 2 aliphatic rings. The van der Waals surface area contributed by atoms with E-state index in [0.29, 0.717) is 17.8 Å². The largest absolute Gasteiger partial charge is 0.376 e. The van der Waals surface area contributed by atoms with Crippen molar-refractivity contribution in [2.75, 3.05) is 26.2 Å². The fraction of sp³-hybridized carbons (Fsp3) is 0.556. The van der Waals surface area contributed by atoms with Crippen LogP contribution in [-0.4, -0.2) is 57.5 Å². The standard InChI is InChI=1S/C18H23N5O2S/c26-18(20-12-15-4-2-10-24-15)23-8-5-13(6-9-23)17-21-16(22-25-17)14-3-1-7-19-11-14/h1,3,7,11,13,15H,2,4-6,8-10,12H2,(H,20,26). The van der Waals surface area contributed by atoms with E-state index in [1.165, 1.54) is 0 Å². The van der Waals surface area contributed by atoms with E-state index in [1.54, 1.807) is 12.4 Å². The molecule has 2 aromatic heterocycles. The first-order chi connectivity index (χ1) is 12.8. The highest BCUT2D eigenvalue weighted by atomic mass is 32.1. The molecule has 1 unspecified atom stereocenters. The van der Waals surface area contributed by atoms with Gasteiger partial charge >= 0.3 is 0 Å². The summed E-state index contributed by atoms with van der Waals surface area (Å²) in [5, 5.41) is 8.27. The van der Waals surface area contributed by atoms with Gasteiger partial charge in [-0.05, 0) is 50.0 Å². The summed E-state index contributed by atoms with van der Waals surface area (Å²) < 4.78 is 11.1. The van der Waals surface area contributed by atoms with E-state index in [-0.39, 0.29) is 5.92 Å². The molecule has 8 heteroatoms. The van der Waals surface area contributed by atoms with Crippen LogP contribution in [0.4, 0.5) is 0 Å². The molecule has 2 fully saturated rings. The van der Waals surface area contributed by atoms with Gasteiger partial charge < -0.3 is 19.5 Å². The number of nitrogens with one attached hydrogen (secondary N) is 1. The smallest absolute Gasteiger partial charge is 0.230 e. The highest BCUT2D eigenvalue weighted by molar-refractivity contribution is 7.80. The quantitative estimate of drug-likeness (QED) is 0.819. The van der Waals surface area contributed by atoms with E-state index in [1.807, 2.05) is 12.1 Å². The molecule has 0 saturated carbocycles. The number of hydrogen-bond acceptors (Lipinski definition) is 6. The lowest BCUT2D eigenvalue weighted by atomic mass is 9.97. The van der Waals surface area contributed by atoms with Crippen LogP contribution in [0.1, 0.15) is 37.5 Å². The van der Waals surface area contributed by atoms with Gasteiger partial charge in [0.2, 0.25) is 11.7 Å². The first-order valence-corrected chi connectivity index (χ1v) is 9.59. The third kappa shape index (κ3) is 4.02. The second-order valence-corrected chi connectivity index (χ2v) is 7.17. The molecule has 0 radical (unpaired) electrons. The first-order valence-electron chi connectivity index (χ1n) is 9.18. The summed E-state index contributed by atoms with van der Waals surface area (Å²) >= 11 is 5.53. The SMILES string of the molecule is S=C(NCC1CCCO1)N1CCC(c2nc(-c3cccnc3)no2)CC1. The predicted molar refractivity (Wildman–Crippen MR) is 101 cm³/mol. The first kappa shape index (κ1) is 17.4. The predicted octanol–water partition coefficient (Wildman–Crippen LogP) is 2.36. The minimum absolute atomic E-state index is 0.283. The fourth-order valence-electron chi connectivity index (χ4n) is 3.46. The van der Waals surface area contributed by atoms with Gasteiger partial charge in [-0.1, -0.05) is 5.16 Å². The van der Waals surface area contributed by atoms with Crippen LogP contribution in [0.2, 0.25) is 0 Å². The fourth-order valence-corrected chi connectivity index (χ4v) is 3.73. The van der Waals surface area contributed by atoms with Crippen LogP contribution >= 0.6 is 12.2 Å². The Morgan fingerprint density at radius 1 is 1.31 bits per heavy atom. The number of piperidine rings is 1. The van der Waals surface area contributed by atoms with Crippen molar-refractivity contribution in [3.05, 3.63) is 30.4 Å². The van der Waals surface area contributed by atoms with Crippen LogP contribution in [0.25, 0.3) is 11.4 Å². The van der Waals surface area contributed by atoms with E-state index in [2.05, 4.69) is 25.3 Å². The average molecular weight is 373 g/mol. The van der Waals surface area contributed by atoms with E-state index in [4.69, 9.17) is 21.5 Å². The monoisotopic (exact) mass is 373 g/mol. The molecule has 0 aliphatic carbocycles. The molecule has 2 aromatic rings. The van der Waals surface area contributed by atoms with Crippen molar-refractivity contribution in [3.63, 3.8) is 0 Å². The number of thiocarbonyl (C=S) groups is 1. The molecule has 0 aromatic carbocycles. The van der Waals surface area contributed by atoms with Gasteiger partial charge in [0.25, 0.3) is 0 Å². The summed E-state index contributed by atoms with van der Waals surface area (Å²) in [6.45, 7) is 3.46. The zero-order valence-electron chi connectivity index (χ0n) is 14.6. The maximum atomic E-state index is 5.63. The topological polar surface area (TPSA) is 76.3 Å². The van der Waals surface area contributed by atoms with Gasteiger partial charge in [0.15, 0.2) is 5.11 Å². The zero-order valence-corrected chi connectivity index (χ0v) is 15.5. The number of likely N-dealkylation sites (tertiary alicyclic amines) is 1. The molecule has 2 aliphatic heterocycles. The van der Waals surface area contributed by atoms with Crippen molar-refractivity contribution >= 4 is 17.3 Å². The lowest BCUT2D eigenvalue weighted by Gasteiger charge is -2.32. The Bertz CT molecular complexity index is 724. The van der Waals surface area contributed by atoms with Crippen molar-refractivity contribution in [2.24, 2.45) is 0 Å². The Morgan fingerprint density at radius 3 is 2.92 bits per heavy atom. The van der Waals surface area contributed by atoms with Gasteiger partial charge in [0, 0.05) is 50.1 Å². The Labute approximate surface area is 158 Å². The van der Waals surface area contributed by atoms with Gasteiger partial charge in [0.1, 0.15) is 0 Å². The van der Waals surface area contributed by atoms with E-state index in [9.17, 15) is 0 Å². The Morgan fingerprint density at radius 2 is 2.19 bits per heavy atom. The second-order valence-electron chi connectivity index (χ2n) is 6.78. The van der Waals surface area contributed by atoms with Crippen LogP contribution in [0.5, 0.6) is 0 Å². The third-order valence-electron chi connectivity index (χ3n) is 5.00. The highest BCUT2D eigenvalue weighted by Gasteiger charge is 2.27. The van der Waals surface area contributed by atoms with E-state index in [0.717, 1.165) is 62.6 Å². The molecule has 4 rings (SSSR count). The van der Waals surface area contributed by atoms with Crippen molar-refractivity contribution in [1.82, 2.24) is 25.3 Å². The number of hydrogen-bond donors (Lipinski definition) is 1. The van der Waals surface area contributed by atoms with Crippen molar-refractivity contribution in [1.29, 1.82) is 0 Å². The number of aromatic nitrogens is 3. The lowest BCUT2D eigenvalue weighted by molar-refractivity contribution is 0.113. The van der Waals surface area contributed by atoms with Crippen molar-refractivity contribution in [3.8, 4) is 11.4 Å². The Balaban J connectivity index is 1.28. The normalized spacial score (nSPS) is 21.1. The maximum Gasteiger partial charge on any atom is 0.230 e. The third-order valence-corrected chi connectivity index (χ3v) is 5.40. The Kier molecular flexibility index (Phi) is 5.40. The minimum Gasteiger partial charge on any atom is -0.376 e. The molecule has 26 heavy (non-hydrogen) atoms. The number of ether oxygens (including phenoxy) is 1. The molecule has 1 atom stereocenters. The van der Waals surface area contributed by atoms with Gasteiger partial charge in [-0.15, -0.1) is 0 Å². The molecule has 0 amide bonds. The van der Waals surface area contributed by atoms with Crippen molar-refractivity contribution < 1.29 is 9.26 Å². The molecule has 138 valence electrons. The summed E-state index contributed by atoms with van der Waals surface area (Å²) in [5.74, 6) is 1.59. The summed E-state index contributed by atoms with van der Waals surface area (Å²) in [6, 6.07) is 3.80. The van der Waals surface area contributed by atoms with Crippen LogP contribution in [-0.2, 0) is 4.74 Å². The minimum atomic E-state index is 0.283. The van der Waals surface area contributed by atoms with Gasteiger partial charge in [-0.25, -0.2) is 0 Å². The number of nitrogens with zero attached hydrogens (tertiary/aromatic N) is 4. The second kappa shape index (κ2) is 8.09. The van der Waals surface area contributed by atoms with Gasteiger partial charge in [-0.2, -0.15) is 4.98 Å². The van der Waals surface area contributed by atoms with E-state index < -0.39 is 0 Å². The Hall–Kier alpha value is -2.06. The van der Waals surface area contributed by atoms with Gasteiger partial charge in [0.05, 0.1) is 6.10 Å². The molecule has 7 nitrogen and oxygen atoms in total. The molecule has 1 N–H and O–H groups in total.